The highest BCUT2D eigenvalue weighted by Crippen LogP contribution is 2.28. The van der Waals surface area contributed by atoms with Crippen LogP contribution in [0.1, 0.15) is 18.6 Å². The van der Waals surface area contributed by atoms with E-state index in [4.69, 9.17) is 0 Å². The Hall–Kier alpha value is -1.68. The van der Waals surface area contributed by atoms with Crippen LogP contribution in [0.3, 0.4) is 0 Å². The summed E-state index contributed by atoms with van der Waals surface area (Å²) in [4.78, 5) is 10.1. The van der Waals surface area contributed by atoms with Gasteiger partial charge in [-0.05, 0) is 18.6 Å². The van der Waals surface area contributed by atoms with Crippen LogP contribution in [0.2, 0.25) is 0 Å². The minimum Gasteiger partial charge on any atom is -0.384 e. The van der Waals surface area contributed by atoms with Gasteiger partial charge in [0, 0.05) is 6.07 Å². The number of hydrogen-bond acceptors (Lipinski definition) is 3. The number of aliphatic hydroxyl groups is 1. The minimum atomic E-state index is -0.975. The van der Waals surface area contributed by atoms with E-state index < -0.39 is 11.0 Å². The van der Waals surface area contributed by atoms with Crippen LogP contribution in [0.15, 0.2) is 36.4 Å². The zero-order valence-corrected chi connectivity index (χ0v) is 7.80. The standard InChI is InChI=1S/C10H11NO3/c1-7(2)10(12)8-5-3-4-6-9(8)11(13)14/h3-6,10,12H,1H2,2H3. The monoisotopic (exact) mass is 193 g/mol. The van der Waals surface area contributed by atoms with Gasteiger partial charge in [0.15, 0.2) is 0 Å². The van der Waals surface area contributed by atoms with Gasteiger partial charge in [-0.3, -0.25) is 10.1 Å². The first kappa shape index (κ1) is 10.4. The lowest BCUT2D eigenvalue weighted by Crippen LogP contribution is -2.02. The first-order valence-electron chi connectivity index (χ1n) is 4.11. The van der Waals surface area contributed by atoms with Gasteiger partial charge in [-0.25, -0.2) is 0 Å². The van der Waals surface area contributed by atoms with Gasteiger partial charge < -0.3 is 5.11 Å². The highest BCUT2D eigenvalue weighted by molar-refractivity contribution is 5.43. The van der Waals surface area contributed by atoms with E-state index in [1.165, 1.54) is 12.1 Å². The number of benzene rings is 1. The second-order valence-electron chi connectivity index (χ2n) is 3.06. The molecular formula is C10H11NO3. The molecule has 0 spiro atoms. The van der Waals surface area contributed by atoms with Crippen LogP contribution >= 0.6 is 0 Å². The Kier molecular flexibility index (Phi) is 2.99. The second kappa shape index (κ2) is 4.02. The predicted octanol–water partition coefficient (Wildman–Crippen LogP) is 2.20. The smallest absolute Gasteiger partial charge is 0.275 e. The molecule has 0 amide bonds. The van der Waals surface area contributed by atoms with E-state index in [9.17, 15) is 15.2 Å². The average Bonchev–Trinajstić information content (AvgIpc) is 2.16. The lowest BCUT2D eigenvalue weighted by atomic mass is 10.0. The molecule has 0 fully saturated rings. The molecule has 1 aromatic rings. The summed E-state index contributed by atoms with van der Waals surface area (Å²) in [5.41, 5.74) is 0.687. The molecule has 14 heavy (non-hydrogen) atoms. The summed E-state index contributed by atoms with van der Waals surface area (Å²) in [7, 11) is 0. The first-order valence-corrected chi connectivity index (χ1v) is 4.11. The van der Waals surface area contributed by atoms with Crippen LogP contribution < -0.4 is 0 Å². The number of para-hydroxylation sites is 1. The Labute approximate surface area is 81.6 Å². The normalized spacial score (nSPS) is 12.1. The molecule has 0 radical (unpaired) electrons. The minimum absolute atomic E-state index is 0.0806. The lowest BCUT2D eigenvalue weighted by Gasteiger charge is -2.10. The second-order valence-corrected chi connectivity index (χ2v) is 3.06. The molecule has 1 atom stereocenters. The summed E-state index contributed by atoms with van der Waals surface area (Å²) >= 11 is 0. The zero-order chi connectivity index (χ0) is 10.7. The van der Waals surface area contributed by atoms with Crippen LogP contribution in [0, 0.1) is 10.1 Å². The summed E-state index contributed by atoms with van der Waals surface area (Å²) in [6.45, 7) is 5.19. The van der Waals surface area contributed by atoms with Crippen molar-refractivity contribution in [3.63, 3.8) is 0 Å². The van der Waals surface area contributed by atoms with E-state index in [0.29, 0.717) is 5.57 Å². The third-order valence-electron chi connectivity index (χ3n) is 1.89. The van der Waals surface area contributed by atoms with Gasteiger partial charge in [-0.1, -0.05) is 18.7 Å². The Bertz CT molecular complexity index is 373. The number of nitro groups is 1. The molecule has 0 aliphatic carbocycles. The van der Waals surface area contributed by atoms with Crippen LogP contribution in [-0.2, 0) is 0 Å². The van der Waals surface area contributed by atoms with Crippen LogP contribution in [-0.4, -0.2) is 10.0 Å². The summed E-state index contributed by atoms with van der Waals surface area (Å²) in [6.07, 6.45) is -0.975. The first-order chi connectivity index (χ1) is 6.54. The van der Waals surface area contributed by atoms with E-state index in [0.717, 1.165) is 0 Å². The molecule has 0 bridgehead atoms. The third kappa shape index (κ3) is 1.97. The molecule has 0 saturated carbocycles. The van der Waals surface area contributed by atoms with Crippen molar-refractivity contribution in [1.82, 2.24) is 0 Å². The van der Waals surface area contributed by atoms with Gasteiger partial charge >= 0.3 is 0 Å². The molecule has 4 nitrogen and oxygen atoms in total. The zero-order valence-electron chi connectivity index (χ0n) is 7.80. The lowest BCUT2D eigenvalue weighted by molar-refractivity contribution is -0.386. The molecule has 74 valence electrons. The van der Waals surface area contributed by atoms with Gasteiger partial charge in [0.1, 0.15) is 6.10 Å². The van der Waals surface area contributed by atoms with Crippen LogP contribution in [0.5, 0.6) is 0 Å². The Morgan fingerprint density at radius 1 is 1.57 bits per heavy atom. The average molecular weight is 193 g/mol. The van der Waals surface area contributed by atoms with Gasteiger partial charge in [-0.2, -0.15) is 0 Å². The topological polar surface area (TPSA) is 63.4 Å². The van der Waals surface area contributed by atoms with E-state index in [1.54, 1.807) is 19.1 Å². The SMILES string of the molecule is C=C(C)C(O)c1ccccc1[N+](=O)[O-]. The highest BCUT2D eigenvalue weighted by Gasteiger charge is 2.19. The largest absolute Gasteiger partial charge is 0.384 e. The molecule has 0 saturated heterocycles. The number of hydrogen-bond donors (Lipinski definition) is 1. The summed E-state index contributed by atoms with van der Waals surface area (Å²) < 4.78 is 0. The Morgan fingerprint density at radius 2 is 2.14 bits per heavy atom. The third-order valence-corrected chi connectivity index (χ3v) is 1.89. The van der Waals surface area contributed by atoms with Crippen LogP contribution in [0.4, 0.5) is 5.69 Å². The van der Waals surface area contributed by atoms with Crippen molar-refractivity contribution < 1.29 is 10.0 Å². The van der Waals surface area contributed by atoms with Crippen molar-refractivity contribution in [2.75, 3.05) is 0 Å². The Morgan fingerprint density at radius 3 is 2.64 bits per heavy atom. The highest BCUT2D eigenvalue weighted by atomic mass is 16.6. The summed E-state index contributed by atoms with van der Waals surface area (Å²) in [5.74, 6) is 0. The molecule has 1 N–H and O–H groups in total. The van der Waals surface area contributed by atoms with Crippen molar-refractivity contribution >= 4 is 5.69 Å². The van der Waals surface area contributed by atoms with Crippen molar-refractivity contribution in [3.05, 3.63) is 52.1 Å². The molecular weight excluding hydrogens is 182 g/mol. The number of rotatable bonds is 3. The summed E-state index contributed by atoms with van der Waals surface area (Å²) in [5, 5.41) is 20.2. The van der Waals surface area contributed by atoms with E-state index >= 15 is 0 Å². The maximum absolute atomic E-state index is 10.6. The quantitative estimate of drug-likeness (QED) is 0.454. The Balaban J connectivity index is 3.19. The molecule has 0 aliphatic rings. The molecule has 0 aliphatic heterocycles. The van der Waals surface area contributed by atoms with Crippen molar-refractivity contribution in [1.29, 1.82) is 0 Å². The van der Waals surface area contributed by atoms with Crippen molar-refractivity contribution in [3.8, 4) is 0 Å². The van der Waals surface area contributed by atoms with Gasteiger partial charge in [-0.15, -0.1) is 0 Å². The van der Waals surface area contributed by atoms with Gasteiger partial charge in [0.25, 0.3) is 5.69 Å². The van der Waals surface area contributed by atoms with Gasteiger partial charge in [0.05, 0.1) is 10.5 Å². The number of nitro benzene ring substituents is 1. The van der Waals surface area contributed by atoms with E-state index in [-0.39, 0.29) is 11.3 Å². The molecule has 4 heteroatoms. The van der Waals surface area contributed by atoms with E-state index in [1.807, 2.05) is 0 Å². The molecule has 0 heterocycles. The fourth-order valence-electron chi connectivity index (χ4n) is 1.15. The van der Waals surface area contributed by atoms with Crippen molar-refractivity contribution in [2.45, 2.75) is 13.0 Å². The maximum atomic E-state index is 10.6. The molecule has 1 unspecified atom stereocenters. The van der Waals surface area contributed by atoms with Gasteiger partial charge in [0.2, 0.25) is 0 Å². The van der Waals surface area contributed by atoms with Crippen molar-refractivity contribution in [2.24, 2.45) is 0 Å². The number of nitrogens with zero attached hydrogens (tertiary/aromatic N) is 1. The fraction of sp³-hybridized carbons (Fsp3) is 0.200. The fourth-order valence-corrected chi connectivity index (χ4v) is 1.15. The van der Waals surface area contributed by atoms with E-state index in [2.05, 4.69) is 6.58 Å². The predicted molar refractivity (Wildman–Crippen MR) is 52.9 cm³/mol. The molecule has 0 aromatic heterocycles. The molecule has 1 rings (SSSR count). The number of aliphatic hydroxyl groups excluding tert-OH is 1. The summed E-state index contributed by atoms with van der Waals surface area (Å²) in [6, 6.07) is 6.10. The molecule has 1 aromatic carbocycles. The maximum Gasteiger partial charge on any atom is 0.275 e. The van der Waals surface area contributed by atoms with Crippen LogP contribution in [0.25, 0.3) is 0 Å².